The molecule has 1 heterocycles. The molecule has 1 fully saturated rings. The van der Waals surface area contributed by atoms with Crippen molar-refractivity contribution in [2.24, 2.45) is 0 Å². The van der Waals surface area contributed by atoms with Gasteiger partial charge in [-0.25, -0.2) is 12.7 Å². The van der Waals surface area contributed by atoms with Gasteiger partial charge in [0.1, 0.15) is 0 Å². The minimum Gasteiger partial charge on any atom is -0.390 e. The lowest BCUT2D eigenvalue weighted by atomic mass is 10.1. The summed E-state index contributed by atoms with van der Waals surface area (Å²) in [7, 11) is -0.0802. The molecule has 102 valence electrons. The number of sulfonamides is 1. The Balaban J connectivity index is 2.28. The Morgan fingerprint density at radius 2 is 1.94 bits per heavy atom. The minimum atomic E-state index is -3.13. The summed E-state index contributed by atoms with van der Waals surface area (Å²) in [4.78, 5) is 1.99. The molecular formula is C10H22N2O4S. The molecule has 1 aliphatic rings. The Morgan fingerprint density at radius 1 is 1.29 bits per heavy atom. The fourth-order valence-electron chi connectivity index (χ4n) is 1.84. The molecular weight excluding hydrogens is 244 g/mol. The lowest BCUT2D eigenvalue weighted by Crippen LogP contribution is -2.47. The summed E-state index contributed by atoms with van der Waals surface area (Å²) in [6.45, 7) is 1.76. The zero-order valence-electron chi connectivity index (χ0n) is 10.4. The summed E-state index contributed by atoms with van der Waals surface area (Å²) in [5.74, 6) is 0.120. The maximum absolute atomic E-state index is 11.5. The van der Waals surface area contributed by atoms with Gasteiger partial charge in [-0.3, -0.25) is 0 Å². The van der Waals surface area contributed by atoms with Crippen molar-refractivity contribution in [3.63, 3.8) is 0 Å². The van der Waals surface area contributed by atoms with E-state index in [0.717, 1.165) is 0 Å². The molecule has 0 saturated carbocycles. The molecule has 0 amide bonds. The van der Waals surface area contributed by atoms with E-state index in [-0.39, 0.29) is 5.75 Å². The van der Waals surface area contributed by atoms with Gasteiger partial charge in [0.05, 0.1) is 18.0 Å². The molecule has 0 aromatic carbocycles. The van der Waals surface area contributed by atoms with Crippen LogP contribution in [0.2, 0.25) is 0 Å². The first kappa shape index (κ1) is 14.8. The van der Waals surface area contributed by atoms with Crippen LogP contribution in [0.5, 0.6) is 0 Å². The summed E-state index contributed by atoms with van der Waals surface area (Å²) in [5.41, 5.74) is 0. The fraction of sp³-hybridized carbons (Fsp3) is 1.00. The van der Waals surface area contributed by atoms with Crippen LogP contribution in [-0.2, 0) is 10.0 Å². The predicted octanol–water partition coefficient (Wildman–Crippen LogP) is -1.30. The first-order chi connectivity index (χ1) is 7.83. The van der Waals surface area contributed by atoms with Crippen molar-refractivity contribution in [1.82, 2.24) is 9.21 Å². The molecule has 0 aliphatic carbocycles. The first-order valence-electron chi connectivity index (χ1n) is 5.81. The smallest absolute Gasteiger partial charge is 0.213 e. The Morgan fingerprint density at radius 3 is 2.47 bits per heavy atom. The molecule has 1 saturated heterocycles. The van der Waals surface area contributed by atoms with Crippen LogP contribution >= 0.6 is 0 Å². The van der Waals surface area contributed by atoms with Crippen LogP contribution in [-0.4, -0.2) is 79.5 Å². The molecule has 6 nitrogen and oxygen atoms in total. The molecule has 0 unspecified atom stereocenters. The molecule has 1 rings (SSSR count). The van der Waals surface area contributed by atoms with E-state index in [1.54, 1.807) is 0 Å². The number of rotatable bonds is 5. The summed E-state index contributed by atoms with van der Waals surface area (Å²) < 4.78 is 24.2. The van der Waals surface area contributed by atoms with Gasteiger partial charge in [0, 0.05) is 27.2 Å². The maximum Gasteiger partial charge on any atom is 0.213 e. The maximum atomic E-state index is 11.5. The van der Waals surface area contributed by atoms with E-state index in [0.29, 0.717) is 32.5 Å². The SMILES string of the molecule is CN(C)S(=O)(=O)CCCN1CC[C@H](O)[C@@H](O)C1. The second kappa shape index (κ2) is 6.10. The van der Waals surface area contributed by atoms with E-state index < -0.39 is 22.2 Å². The third kappa shape index (κ3) is 4.51. The molecule has 17 heavy (non-hydrogen) atoms. The normalized spacial score (nSPS) is 27.6. The van der Waals surface area contributed by atoms with Crippen molar-refractivity contribution < 1.29 is 18.6 Å². The van der Waals surface area contributed by atoms with E-state index >= 15 is 0 Å². The Hall–Kier alpha value is -0.210. The molecule has 0 aromatic rings. The molecule has 0 bridgehead atoms. The average Bonchev–Trinajstić information content (AvgIpc) is 2.23. The highest BCUT2D eigenvalue weighted by atomic mass is 32.2. The van der Waals surface area contributed by atoms with Crippen LogP contribution in [0.3, 0.4) is 0 Å². The van der Waals surface area contributed by atoms with Crippen LogP contribution in [0.25, 0.3) is 0 Å². The van der Waals surface area contributed by atoms with Crippen LogP contribution in [0.4, 0.5) is 0 Å². The Kier molecular flexibility index (Phi) is 5.33. The van der Waals surface area contributed by atoms with Gasteiger partial charge < -0.3 is 15.1 Å². The van der Waals surface area contributed by atoms with Gasteiger partial charge in [0.15, 0.2) is 0 Å². The number of likely N-dealkylation sites (tertiary alicyclic amines) is 1. The lowest BCUT2D eigenvalue weighted by Gasteiger charge is -2.33. The van der Waals surface area contributed by atoms with Gasteiger partial charge in [-0.15, -0.1) is 0 Å². The third-order valence-corrected chi connectivity index (χ3v) is 4.98. The Bertz CT molecular complexity index is 331. The summed E-state index contributed by atoms with van der Waals surface area (Å²) >= 11 is 0. The molecule has 7 heteroatoms. The van der Waals surface area contributed by atoms with Crippen molar-refractivity contribution >= 4 is 10.0 Å². The number of hydrogen-bond donors (Lipinski definition) is 2. The van der Waals surface area contributed by atoms with Crippen molar-refractivity contribution in [3.8, 4) is 0 Å². The molecule has 1 aliphatic heterocycles. The second-order valence-corrected chi connectivity index (χ2v) is 6.98. The van der Waals surface area contributed by atoms with Crippen LogP contribution in [0, 0.1) is 0 Å². The predicted molar refractivity (Wildman–Crippen MR) is 65.2 cm³/mol. The minimum absolute atomic E-state index is 0.120. The number of hydrogen-bond acceptors (Lipinski definition) is 5. The summed E-state index contributed by atoms with van der Waals surface area (Å²) in [6.07, 6.45) is -0.267. The number of β-amino-alcohol motifs (C(OH)–C–C–N with tert-alkyl or cyclic N) is 1. The third-order valence-electron chi connectivity index (χ3n) is 3.06. The largest absolute Gasteiger partial charge is 0.390 e. The number of nitrogens with zero attached hydrogens (tertiary/aromatic N) is 2. The van der Waals surface area contributed by atoms with Crippen LogP contribution in [0.15, 0.2) is 0 Å². The summed E-state index contributed by atoms with van der Waals surface area (Å²) in [5, 5.41) is 18.8. The van der Waals surface area contributed by atoms with E-state index in [1.165, 1.54) is 18.4 Å². The second-order valence-electron chi connectivity index (χ2n) is 4.68. The highest BCUT2D eigenvalue weighted by molar-refractivity contribution is 7.89. The van der Waals surface area contributed by atoms with Crippen molar-refractivity contribution in [1.29, 1.82) is 0 Å². The number of piperidine rings is 1. The van der Waals surface area contributed by atoms with Gasteiger partial charge in [-0.1, -0.05) is 0 Å². The Labute approximate surface area is 103 Å². The zero-order valence-corrected chi connectivity index (χ0v) is 11.2. The van der Waals surface area contributed by atoms with Gasteiger partial charge in [-0.05, 0) is 19.4 Å². The van der Waals surface area contributed by atoms with E-state index in [2.05, 4.69) is 0 Å². The standard InChI is InChI=1S/C10H22N2O4S/c1-11(2)17(15,16)7-3-5-12-6-4-9(13)10(14)8-12/h9-10,13-14H,3-8H2,1-2H3/t9-,10-/m0/s1. The fourth-order valence-corrected chi connectivity index (χ4v) is 2.70. The summed E-state index contributed by atoms with van der Waals surface area (Å²) in [6, 6.07) is 0. The lowest BCUT2D eigenvalue weighted by molar-refractivity contribution is -0.0381. The molecule has 0 radical (unpaired) electrons. The van der Waals surface area contributed by atoms with Crippen molar-refractivity contribution in [3.05, 3.63) is 0 Å². The molecule has 0 aromatic heterocycles. The monoisotopic (exact) mass is 266 g/mol. The molecule has 2 atom stereocenters. The van der Waals surface area contributed by atoms with Crippen molar-refractivity contribution in [2.75, 3.05) is 39.5 Å². The number of aliphatic hydroxyl groups excluding tert-OH is 2. The first-order valence-corrected chi connectivity index (χ1v) is 7.42. The van der Waals surface area contributed by atoms with Crippen molar-refractivity contribution in [2.45, 2.75) is 25.0 Å². The topological polar surface area (TPSA) is 81.1 Å². The van der Waals surface area contributed by atoms with Gasteiger partial charge >= 0.3 is 0 Å². The van der Waals surface area contributed by atoms with Crippen LogP contribution < -0.4 is 0 Å². The van der Waals surface area contributed by atoms with E-state index in [4.69, 9.17) is 0 Å². The van der Waals surface area contributed by atoms with Crippen LogP contribution in [0.1, 0.15) is 12.8 Å². The van der Waals surface area contributed by atoms with E-state index in [9.17, 15) is 18.6 Å². The average molecular weight is 266 g/mol. The van der Waals surface area contributed by atoms with Gasteiger partial charge in [0.25, 0.3) is 0 Å². The van der Waals surface area contributed by atoms with E-state index in [1.807, 2.05) is 4.90 Å². The zero-order chi connectivity index (χ0) is 13.1. The van der Waals surface area contributed by atoms with Gasteiger partial charge in [0.2, 0.25) is 10.0 Å². The quantitative estimate of drug-likeness (QED) is 0.646. The molecule has 0 spiro atoms. The molecule has 2 N–H and O–H groups in total. The number of aliphatic hydroxyl groups is 2. The van der Waals surface area contributed by atoms with Gasteiger partial charge in [-0.2, -0.15) is 0 Å². The highest BCUT2D eigenvalue weighted by Crippen LogP contribution is 2.11. The highest BCUT2D eigenvalue weighted by Gasteiger charge is 2.25.